The van der Waals surface area contributed by atoms with E-state index in [1.165, 1.54) is 0 Å². The van der Waals surface area contributed by atoms with Crippen molar-refractivity contribution < 1.29 is 5.11 Å². The molecule has 0 saturated heterocycles. The molecule has 2 atom stereocenters. The summed E-state index contributed by atoms with van der Waals surface area (Å²) in [6.45, 7) is 7.95. The Hall–Kier alpha value is -0.160. The second kappa shape index (κ2) is 6.85. The fourth-order valence-corrected chi connectivity index (χ4v) is 2.80. The van der Waals surface area contributed by atoms with Gasteiger partial charge in [-0.25, -0.2) is 0 Å². The molecule has 0 bridgehead atoms. The standard InChI is InChI=1S/C14H31N3O/c1-12(2)10-17(8-7-16(3)4)13-5-6-14(15,9-13)11-18/h12-13,18H,5-11,15H2,1-4H3. The van der Waals surface area contributed by atoms with Crippen LogP contribution in [0.25, 0.3) is 0 Å². The highest BCUT2D eigenvalue weighted by atomic mass is 16.3. The lowest BCUT2D eigenvalue weighted by Gasteiger charge is -2.32. The molecule has 3 N–H and O–H groups in total. The smallest absolute Gasteiger partial charge is 0.0611 e. The highest BCUT2D eigenvalue weighted by molar-refractivity contribution is 4.97. The summed E-state index contributed by atoms with van der Waals surface area (Å²) in [6.07, 6.45) is 3.01. The van der Waals surface area contributed by atoms with Gasteiger partial charge in [0.1, 0.15) is 0 Å². The highest BCUT2D eigenvalue weighted by Gasteiger charge is 2.37. The lowest BCUT2D eigenvalue weighted by Crippen LogP contribution is -2.45. The van der Waals surface area contributed by atoms with Crippen molar-refractivity contribution in [3.63, 3.8) is 0 Å². The van der Waals surface area contributed by atoms with Crippen molar-refractivity contribution in [2.45, 2.75) is 44.7 Å². The summed E-state index contributed by atoms with van der Waals surface area (Å²) in [5, 5.41) is 9.37. The van der Waals surface area contributed by atoms with Crippen LogP contribution in [0.3, 0.4) is 0 Å². The Morgan fingerprint density at radius 2 is 2.00 bits per heavy atom. The molecule has 4 nitrogen and oxygen atoms in total. The summed E-state index contributed by atoms with van der Waals surface area (Å²) in [4.78, 5) is 4.79. The minimum absolute atomic E-state index is 0.118. The molecule has 1 aliphatic carbocycles. The molecule has 108 valence electrons. The highest BCUT2D eigenvalue weighted by Crippen LogP contribution is 2.31. The van der Waals surface area contributed by atoms with Gasteiger partial charge in [-0.05, 0) is 39.3 Å². The van der Waals surface area contributed by atoms with Crippen molar-refractivity contribution in [1.82, 2.24) is 9.80 Å². The van der Waals surface area contributed by atoms with Crippen LogP contribution in [0.15, 0.2) is 0 Å². The van der Waals surface area contributed by atoms with E-state index >= 15 is 0 Å². The molecule has 0 radical (unpaired) electrons. The third-order valence-corrected chi connectivity index (χ3v) is 3.88. The number of likely N-dealkylation sites (N-methyl/N-ethyl adjacent to an activating group) is 1. The maximum Gasteiger partial charge on any atom is 0.0611 e. The van der Waals surface area contributed by atoms with Crippen molar-refractivity contribution in [3.8, 4) is 0 Å². The molecule has 1 saturated carbocycles. The van der Waals surface area contributed by atoms with Crippen LogP contribution in [-0.4, -0.2) is 66.8 Å². The maximum absolute atomic E-state index is 9.37. The van der Waals surface area contributed by atoms with E-state index in [9.17, 15) is 5.11 Å². The molecule has 0 amide bonds. The Bertz CT molecular complexity index is 245. The zero-order valence-corrected chi connectivity index (χ0v) is 12.5. The predicted molar refractivity (Wildman–Crippen MR) is 76.6 cm³/mol. The van der Waals surface area contributed by atoms with Crippen molar-refractivity contribution in [3.05, 3.63) is 0 Å². The van der Waals surface area contributed by atoms with Crippen molar-refractivity contribution in [1.29, 1.82) is 0 Å². The SMILES string of the molecule is CC(C)CN(CCN(C)C)C1CCC(N)(CO)C1. The molecule has 0 aromatic rings. The quantitative estimate of drug-likeness (QED) is 0.707. The summed E-state index contributed by atoms with van der Waals surface area (Å²) in [7, 11) is 4.23. The van der Waals surface area contributed by atoms with Gasteiger partial charge in [0.2, 0.25) is 0 Å². The number of nitrogens with zero attached hydrogens (tertiary/aromatic N) is 2. The van der Waals surface area contributed by atoms with E-state index in [1.54, 1.807) is 0 Å². The van der Waals surface area contributed by atoms with Crippen LogP contribution in [-0.2, 0) is 0 Å². The second-order valence-electron chi connectivity index (χ2n) is 6.61. The molecule has 0 aromatic heterocycles. The molecule has 0 aliphatic heterocycles. The van der Waals surface area contributed by atoms with Crippen LogP contribution < -0.4 is 5.73 Å². The minimum atomic E-state index is -0.335. The topological polar surface area (TPSA) is 52.7 Å². The Morgan fingerprint density at radius 1 is 1.33 bits per heavy atom. The molecule has 1 fully saturated rings. The van der Waals surface area contributed by atoms with Gasteiger partial charge in [-0.2, -0.15) is 0 Å². The average molecular weight is 257 g/mol. The second-order valence-corrected chi connectivity index (χ2v) is 6.61. The summed E-state index contributed by atoms with van der Waals surface area (Å²) in [6, 6.07) is 0.546. The van der Waals surface area contributed by atoms with Gasteiger partial charge in [0.25, 0.3) is 0 Å². The fraction of sp³-hybridized carbons (Fsp3) is 1.00. The van der Waals surface area contributed by atoms with Gasteiger partial charge in [-0.3, -0.25) is 4.90 Å². The maximum atomic E-state index is 9.37. The molecular formula is C14H31N3O. The van der Waals surface area contributed by atoms with Crippen LogP contribution >= 0.6 is 0 Å². The van der Waals surface area contributed by atoms with Crippen LogP contribution in [0.5, 0.6) is 0 Å². The zero-order chi connectivity index (χ0) is 13.8. The Balaban J connectivity index is 2.55. The van der Waals surface area contributed by atoms with E-state index in [2.05, 4.69) is 37.7 Å². The number of aliphatic hydroxyl groups is 1. The van der Waals surface area contributed by atoms with Gasteiger partial charge in [0.05, 0.1) is 6.61 Å². The first-order valence-electron chi connectivity index (χ1n) is 7.15. The number of hydrogen-bond acceptors (Lipinski definition) is 4. The van der Waals surface area contributed by atoms with Gasteiger partial charge >= 0.3 is 0 Å². The largest absolute Gasteiger partial charge is 0.394 e. The Morgan fingerprint density at radius 3 is 2.44 bits per heavy atom. The molecule has 18 heavy (non-hydrogen) atoms. The first-order valence-corrected chi connectivity index (χ1v) is 7.15. The molecule has 0 aromatic carbocycles. The van der Waals surface area contributed by atoms with E-state index in [4.69, 9.17) is 5.73 Å². The molecule has 0 heterocycles. The molecule has 0 spiro atoms. The molecule has 1 aliphatic rings. The number of nitrogens with two attached hydrogens (primary N) is 1. The first-order chi connectivity index (χ1) is 8.36. The van der Waals surface area contributed by atoms with Crippen molar-refractivity contribution >= 4 is 0 Å². The van der Waals surface area contributed by atoms with E-state index in [-0.39, 0.29) is 12.1 Å². The fourth-order valence-electron chi connectivity index (χ4n) is 2.80. The third kappa shape index (κ3) is 4.84. The predicted octanol–water partition coefficient (Wildman–Crippen LogP) is 0.748. The normalized spacial score (nSPS) is 28.8. The lowest BCUT2D eigenvalue weighted by molar-refractivity contribution is 0.144. The average Bonchev–Trinajstić information content (AvgIpc) is 2.67. The van der Waals surface area contributed by atoms with Gasteiger partial charge in [-0.15, -0.1) is 0 Å². The molecule has 1 rings (SSSR count). The van der Waals surface area contributed by atoms with Crippen molar-refractivity contribution in [2.24, 2.45) is 11.7 Å². The summed E-state index contributed by atoms with van der Waals surface area (Å²) in [5.41, 5.74) is 5.85. The number of aliphatic hydroxyl groups excluding tert-OH is 1. The van der Waals surface area contributed by atoms with E-state index in [0.717, 1.165) is 38.9 Å². The van der Waals surface area contributed by atoms with Gasteiger partial charge in [0, 0.05) is 31.2 Å². The third-order valence-electron chi connectivity index (χ3n) is 3.88. The zero-order valence-electron chi connectivity index (χ0n) is 12.5. The lowest BCUT2D eigenvalue weighted by atomic mass is 10.00. The van der Waals surface area contributed by atoms with E-state index < -0.39 is 0 Å². The van der Waals surface area contributed by atoms with Crippen LogP contribution in [0, 0.1) is 5.92 Å². The van der Waals surface area contributed by atoms with Gasteiger partial charge < -0.3 is 15.7 Å². The minimum Gasteiger partial charge on any atom is -0.394 e. The van der Waals surface area contributed by atoms with Crippen LogP contribution in [0.2, 0.25) is 0 Å². The first kappa shape index (κ1) is 15.9. The molecular weight excluding hydrogens is 226 g/mol. The van der Waals surface area contributed by atoms with E-state index in [0.29, 0.717) is 12.0 Å². The van der Waals surface area contributed by atoms with Crippen molar-refractivity contribution in [2.75, 3.05) is 40.3 Å². The summed E-state index contributed by atoms with van der Waals surface area (Å²) < 4.78 is 0. The van der Waals surface area contributed by atoms with E-state index in [1.807, 2.05) is 0 Å². The summed E-state index contributed by atoms with van der Waals surface area (Å²) in [5.74, 6) is 0.675. The van der Waals surface area contributed by atoms with Gasteiger partial charge in [-0.1, -0.05) is 13.8 Å². The van der Waals surface area contributed by atoms with Gasteiger partial charge in [0.15, 0.2) is 0 Å². The molecule has 4 heteroatoms. The van der Waals surface area contributed by atoms with Crippen LogP contribution in [0.1, 0.15) is 33.1 Å². The summed E-state index contributed by atoms with van der Waals surface area (Å²) >= 11 is 0. The number of hydrogen-bond donors (Lipinski definition) is 2. The Kier molecular flexibility index (Phi) is 6.05. The monoisotopic (exact) mass is 257 g/mol. The Labute approximate surface area is 112 Å². The number of rotatable bonds is 7. The van der Waals surface area contributed by atoms with Crippen LogP contribution in [0.4, 0.5) is 0 Å². The molecule has 2 unspecified atom stereocenters.